The lowest BCUT2D eigenvalue weighted by Gasteiger charge is -2.34. The van der Waals surface area contributed by atoms with Crippen LogP contribution in [0, 0.1) is 5.82 Å². The average molecular weight is 369 g/mol. The monoisotopic (exact) mass is 369 g/mol. The second-order valence-electron chi connectivity index (χ2n) is 6.69. The van der Waals surface area contributed by atoms with Gasteiger partial charge in [0.1, 0.15) is 12.2 Å². The third-order valence-electron chi connectivity index (χ3n) is 4.72. The zero-order valence-corrected chi connectivity index (χ0v) is 15.2. The number of hydrogen-bond donors (Lipinski definition) is 1. The summed E-state index contributed by atoms with van der Waals surface area (Å²) in [5.74, 6) is -0.922. The van der Waals surface area contributed by atoms with E-state index in [1.54, 1.807) is 23.1 Å². The Balaban J connectivity index is 1.40. The fourth-order valence-corrected chi connectivity index (χ4v) is 3.14. The van der Waals surface area contributed by atoms with Crippen LogP contribution in [0.5, 0.6) is 0 Å². The summed E-state index contributed by atoms with van der Waals surface area (Å²) in [5, 5.41) is 2.61. The zero-order valence-electron chi connectivity index (χ0n) is 15.2. The molecule has 0 aliphatic carbocycles. The second kappa shape index (κ2) is 9.28. The SMILES string of the molecule is O=C(CC(=O)N1CCN(Cc2ccccc2)CC1)NCc1ccccc1F. The smallest absolute Gasteiger partial charge is 0.232 e. The first-order valence-electron chi connectivity index (χ1n) is 9.16. The molecule has 3 rings (SSSR count). The Morgan fingerprint density at radius 3 is 2.30 bits per heavy atom. The highest BCUT2D eigenvalue weighted by Gasteiger charge is 2.22. The number of hydrogen-bond acceptors (Lipinski definition) is 3. The number of nitrogens with zero attached hydrogens (tertiary/aromatic N) is 2. The molecule has 0 aromatic heterocycles. The molecule has 1 aliphatic rings. The van der Waals surface area contributed by atoms with Crippen molar-refractivity contribution < 1.29 is 14.0 Å². The summed E-state index contributed by atoms with van der Waals surface area (Å²) in [6.07, 6.45) is -0.201. The summed E-state index contributed by atoms with van der Waals surface area (Å²) in [7, 11) is 0. The number of piperazine rings is 1. The Labute approximate surface area is 158 Å². The maximum absolute atomic E-state index is 13.6. The third kappa shape index (κ3) is 5.62. The highest BCUT2D eigenvalue weighted by molar-refractivity contribution is 5.96. The number of carbonyl (C=O) groups excluding carboxylic acids is 2. The molecule has 1 aliphatic heterocycles. The van der Waals surface area contributed by atoms with Crippen LogP contribution in [0.25, 0.3) is 0 Å². The van der Waals surface area contributed by atoms with Crippen molar-refractivity contribution >= 4 is 11.8 Å². The fraction of sp³-hybridized carbons (Fsp3) is 0.333. The van der Waals surface area contributed by atoms with Gasteiger partial charge in [0.2, 0.25) is 11.8 Å². The normalized spacial score (nSPS) is 14.8. The number of carbonyl (C=O) groups is 2. The standard InChI is InChI=1S/C21H24FN3O2/c22-19-9-5-4-8-18(19)15-23-20(26)14-21(27)25-12-10-24(11-13-25)16-17-6-2-1-3-7-17/h1-9H,10-16H2,(H,23,26). The molecule has 2 amide bonds. The maximum Gasteiger partial charge on any atom is 0.232 e. The van der Waals surface area contributed by atoms with Crippen LogP contribution in [0.1, 0.15) is 17.5 Å². The summed E-state index contributed by atoms with van der Waals surface area (Å²) >= 11 is 0. The first-order chi connectivity index (χ1) is 13.1. The van der Waals surface area contributed by atoms with E-state index in [9.17, 15) is 14.0 Å². The minimum atomic E-state index is -0.380. The molecule has 0 atom stereocenters. The predicted octanol–water partition coefficient (Wildman–Crippen LogP) is 2.18. The Hall–Kier alpha value is -2.73. The van der Waals surface area contributed by atoms with Crippen molar-refractivity contribution in [3.05, 3.63) is 71.5 Å². The molecule has 0 bridgehead atoms. The van der Waals surface area contributed by atoms with E-state index in [-0.39, 0.29) is 30.6 Å². The molecule has 1 N–H and O–H groups in total. The minimum Gasteiger partial charge on any atom is -0.351 e. The Bertz CT molecular complexity index is 774. The van der Waals surface area contributed by atoms with Crippen molar-refractivity contribution in [2.24, 2.45) is 0 Å². The molecule has 2 aromatic carbocycles. The lowest BCUT2D eigenvalue weighted by atomic mass is 10.2. The summed E-state index contributed by atoms with van der Waals surface area (Å²) in [6.45, 7) is 3.77. The van der Waals surface area contributed by atoms with Gasteiger partial charge in [-0.15, -0.1) is 0 Å². The highest BCUT2D eigenvalue weighted by Crippen LogP contribution is 2.10. The molecule has 2 aromatic rings. The van der Waals surface area contributed by atoms with Gasteiger partial charge in [-0.1, -0.05) is 48.5 Å². The van der Waals surface area contributed by atoms with Gasteiger partial charge >= 0.3 is 0 Å². The van der Waals surface area contributed by atoms with Gasteiger partial charge in [0.05, 0.1) is 0 Å². The number of amides is 2. The second-order valence-corrected chi connectivity index (χ2v) is 6.69. The van der Waals surface area contributed by atoms with E-state index in [2.05, 4.69) is 22.3 Å². The zero-order chi connectivity index (χ0) is 19.1. The fourth-order valence-electron chi connectivity index (χ4n) is 3.14. The Morgan fingerprint density at radius 2 is 1.59 bits per heavy atom. The van der Waals surface area contributed by atoms with E-state index >= 15 is 0 Å². The van der Waals surface area contributed by atoms with E-state index in [1.165, 1.54) is 11.6 Å². The van der Waals surface area contributed by atoms with Crippen LogP contribution in [0.15, 0.2) is 54.6 Å². The van der Waals surface area contributed by atoms with Gasteiger partial charge in [-0.05, 0) is 11.6 Å². The maximum atomic E-state index is 13.6. The van der Waals surface area contributed by atoms with Gasteiger partial charge in [0.25, 0.3) is 0 Å². The van der Waals surface area contributed by atoms with Crippen LogP contribution < -0.4 is 5.32 Å². The van der Waals surface area contributed by atoms with Crippen LogP contribution in [0.4, 0.5) is 4.39 Å². The van der Waals surface area contributed by atoms with Gasteiger partial charge in [-0.3, -0.25) is 14.5 Å². The Kier molecular flexibility index (Phi) is 6.54. The van der Waals surface area contributed by atoms with E-state index in [0.717, 1.165) is 19.6 Å². The summed E-state index contributed by atoms with van der Waals surface area (Å²) in [6, 6.07) is 16.5. The van der Waals surface area contributed by atoms with Crippen LogP contribution in [-0.4, -0.2) is 47.8 Å². The summed E-state index contributed by atoms with van der Waals surface area (Å²) in [4.78, 5) is 28.3. The van der Waals surface area contributed by atoms with Crippen LogP contribution in [0.3, 0.4) is 0 Å². The first kappa shape index (κ1) is 19.0. The predicted molar refractivity (Wildman–Crippen MR) is 101 cm³/mol. The molecule has 1 heterocycles. The topological polar surface area (TPSA) is 52.7 Å². The molecule has 27 heavy (non-hydrogen) atoms. The lowest BCUT2D eigenvalue weighted by Crippen LogP contribution is -2.49. The molecule has 6 heteroatoms. The van der Waals surface area contributed by atoms with Crippen molar-refractivity contribution in [1.82, 2.24) is 15.1 Å². The highest BCUT2D eigenvalue weighted by atomic mass is 19.1. The molecule has 1 saturated heterocycles. The van der Waals surface area contributed by atoms with Gasteiger partial charge < -0.3 is 10.2 Å². The van der Waals surface area contributed by atoms with Crippen LogP contribution >= 0.6 is 0 Å². The van der Waals surface area contributed by atoms with Gasteiger partial charge in [-0.25, -0.2) is 4.39 Å². The molecule has 0 unspecified atom stereocenters. The Morgan fingerprint density at radius 1 is 0.926 bits per heavy atom. The molecule has 1 fully saturated rings. The van der Waals surface area contributed by atoms with Gasteiger partial charge in [0, 0.05) is 44.8 Å². The molecular formula is C21H24FN3O2. The van der Waals surface area contributed by atoms with Crippen molar-refractivity contribution in [1.29, 1.82) is 0 Å². The quantitative estimate of drug-likeness (QED) is 0.794. The van der Waals surface area contributed by atoms with Crippen LogP contribution in [0.2, 0.25) is 0 Å². The number of halogens is 1. The lowest BCUT2D eigenvalue weighted by molar-refractivity contribution is -0.137. The van der Waals surface area contributed by atoms with Crippen molar-refractivity contribution in [3.8, 4) is 0 Å². The molecule has 0 saturated carbocycles. The first-order valence-corrected chi connectivity index (χ1v) is 9.16. The number of benzene rings is 2. The molecule has 0 spiro atoms. The van der Waals surface area contributed by atoms with Crippen LogP contribution in [-0.2, 0) is 22.7 Å². The van der Waals surface area contributed by atoms with E-state index in [1.807, 2.05) is 18.2 Å². The van der Waals surface area contributed by atoms with Gasteiger partial charge in [0.15, 0.2) is 0 Å². The average Bonchev–Trinajstić information content (AvgIpc) is 2.69. The van der Waals surface area contributed by atoms with E-state index < -0.39 is 0 Å². The third-order valence-corrected chi connectivity index (χ3v) is 4.72. The summed E-state index contributed by atoms with van der Waals surface area (Å²) in [5.41, 5.74) is 1.66. The van der Waals surface area contributed by atoms with Gasteiger partial charge in [-0.2, -0.15) is 0 Å². The molecule has 5 nitrogen and oxygen atoms in total. The van der Waals surface area contributed by atoms with E-state index in [0.29, 0.717) is 18.7 Å². The minimum absolute atomic E-state index is 0.0869. The number of rotatable bonds is 6. The molecule has 142 valence electrons. The largest absolute Gasteiger partial charge is 0.351 e. The van der Waals surface area contributed by atoms with Crippen molar-refractivity contribution in [3.63, 3.8) is 0 Å². The van der Waals surface area contributed by atoms with Crippen molar-refractivity contribution in [2.45, 2.75) is 19.5 Å². The van der Waals surface area contributed by atoms with E-state index in [4.69, 9.17) is 0 Å². The van der Waals surface area contributed by atoms with Crippen molar-refractivity contribution in [2.75, 3.05) is 26.2 Å². The summed E-state index contributed by atoms with van der Waals surface area (Å²) < 4.78 is 13.6. The molecular weight excluding hydrogens is 345 g/mol. The number of nitrogens with one attached hydrogen (secondary N) is 1. The molecule has 0 radical (unpaired) electrons.